The lowest BCUT2D eigenvalue weighted by molar-refractivity contribution is -0.385. The van der Waals surface area contributed by atoms with Crippen LogP contribution in [0.15, 0.2) is 22.7 Å². The molecule has 0 fully saturated rings. The van der Waals surface area contributed by atoms with Crippen molar-refractivity contribution in [2.45, 2.75) is 13.3 Å². The van der Waals surface area contributed by atoms with E-state index in [1.54, 1.807) is 12.1 Å². The zero-order valence-electron chi connectivity index (χ0n) is 9.61. The third-order valence-electron chi connectivity index (χ3n) is 2.10. The van der Waals surface area contributed by atoms with E-state index < -0.39 is 4.92 Å². The summed E-state index contributed by atoms with van der Waals surface area (Å²) in [6.45, 7) is 4.24. The fourth-order valence-electron chi connectivity index (χ4n) is 1.29. The van der Waals surface area contributed by atoms with E-state index in [1.807, 2.05) is 0 Å². The summed E-state index contributed by atoms with van der Waals surface area (Å²) >= 11 is 3.18. The van der Waals surface area contributed by atoms with Crippen molar-refractivity contribution in [3.63, 3.8) is 0 Å². The molecule has 0 bridgehead atoms. The zero-order valence-corrected chi connectivity index (χ0v) is 11.2. The van der Waals surface area contributed by atoms with Crippen LogP contribution in [0.5, 0.6) is 5.75 Å². The molecule has 0 radical (unpaired) electrons. The number of nitrogens with zero attached hydrogens (tertiary/aromatic N) is 1. The van der Waals surface area contributed by atoms with E-state index in [4.69, 9.17) is 4.74 Å². The van der Waals surface area contributed by atoms with E-state index in [0.29, 0.717) is 16.8 Å². The van der Waals surface area contributed by atoms with Crippen LogP contribution in [0, 0.1) is 10.1 Å². The third-order valence-corrected chi connectivity index (χ3v) is 2.90. The molecule has 0 aliphatic rings. The summed E-state index contributed by atoms with van der Waals surface area (Å²) in [6.07, 6.45) is 1.07. The number of benzene rings is 1. The lowest BCUT2D eigenvalue weighted by atomic mass is 10.3. The average molecular weight is 303 g/mol. The molecule has 0 aromatic heterocycles. The number of hydrogen-bond donors (Lipinski definition) is 1. The summed E-state index contributed by atoms with van der Waals surface area (Å²) < 4.78 is 5.85. The van der Waals surface area contributed by atoms with Gasteiger partial charge >= 0.3 is 0 Å². The van der Waals surface area contributed by atoms with Crippen molar-refractivity contribution in [1.82, 2.24) is 5.32 Å². The van der Waals surface area contributed by atoms with Crippen molar-refractivity contribution in [2.75, 3.05) is 19.7 Å². The smallest absolute Gasteiger partial charge is 0.287 e. The highest BCUT2D eigenvalue weighted by atomic mass is 79.9. The molecule has 0 aliphatic carbocycles. The molecule has 0 atom stereocenters. The summed E-state index contributed by atoms with van der Waals surface area (Å²) in [5.74, 6) is 0.498. The van der Waals surface area contributed by atoms with E-state index in [1.165, 1.54) is 6.07 Å². The van der Waals surface area contributed by atoms with Gasteiger partial charge in [-0.2, -0.15) is 0 Å². The Morgan fingerprint density at radius 3 is 2.88 bits per heavy atom. The van der Waals surface area contributed by atoms with Crippen LogP contribution in [0.1, 0.15) is 13.3 Å². The van der Waals surface area contributed by atoms with Crippen LogP contribution in [0.3, 0.4) is 0 Å². The molecule has 0 heterocycles. The lowest BCUT2D eigenvalue weighted by Gasteiger charge is -2.08. The van der Waals surface area contributed by atoms with Gasteiger partial charge in [0, 0.05) is 12.6 Å². The molecule has 1 aromatic carbocycles. The predicted molar refractivity (Wildman–Crippen MR) is 69.5 cm³/mol. The van der Waals surface area contributed by atoms with Gasteiger partial charge in [-0.15, -0.1) is 0 Å². The largest absolute Gasteiger partial charge is 0.491 e. The zero-order chi connectivity index (χ0) is 12.7. The molecule has 1 N–H and O–H groups in total. The Labute approximate surface area is 108 Å². The van der Waals surface area contributed by atoms with E-state index in [2.05, 4.69) is 28.2 Å². The van der Waals surface area contributed by atoms with Crippen molar-refractivity contribution in [3.05, 3.63) is 32.8 Å². The van der Waals surface area contributed by atoms with Gasteiger partial charge in [-0.1, -0.05) is 13.0 Å². The monoisotopic (exact) mass is 302 g/mol. The van der Waals surface area contributed by atoms with Crippen LogP contribution in [-0.4, -0.2) is 24.6 Å². The topological polar surface area (TPSA) is 64.4 Å². The fraction of sp³-hybridized carbons (Fsp3) is 0.455. The minimum absolute atomic E-state index is 0.0176. The van der Waals surface area contributed by atoms with Gasteiger partial charge in [-0.05, 0) is 35.0 Å². The molecule has 0 saturated heterocycles. The van der Waals surface area contributed by atoms with Crippen LogP contribution < -0.4 is 10.1 Å². The summed E-state index contributed by atoms with van der Waals surface area (Å²) in [7, 11) is 0. The molecule has 17 heavy (non-hydrogen) atoms. The van der Waals surface area contributed by atoms with Gasteiger partial charge in [0.1, 0.15) is 16.8 Å². The molecular weight excluding hydrogens is 288 g/mol. The minimum atomic E-state index is -0.438. The maximum Gasteiger partial charge on any atom is 0.287 e. The molecule has 0 amide bonds. The van der Waals surface area contributed by atoms with Gasteiger partial charge < -0.3 is 10.1 Å². The second-order valence-corrected chi connectivity index (χ2v) is 4.24. The lowest BCUT2D eigenvalue weighted by Crippen LogP contribution is -2.21. The first-order valence-electron chi connectivity index (χ1n) is 5.43. The van der Waals surface area contributed by atoms with Gasteiger partial charge in [0.25, 0.3) is 5.69 Å². The second kappa shape index (κ2) is 7.24. The van der Waals surface area contributed by atoms with Crippen LogP contribution in [0.25, 0.3) is 0 Å². The second-order valence-electron chi connectivity index (χ2n) is 3.44. The molecule has 0 spiro atoms. The first-order chi connectivity index (χ1) is 8.16. The van der Waals surface area contributed by atoms with Gasteiger partial charge in [0.2, 0.25) is 0 Å². The Bertz CT molecular complexity index is 385. The predicted octanol–water partition coefficient (Wildman–Crippen LogP) is 2.74. The molecule has 0 saturated carbocycles. The Morgan fingerprint density at radius 1 is 1.47 bits per heavy atom. The van der Waals surface area contributed by atoms with E-state index in [9.17, 15) is 10.1 Å². The minimum Gasteiger partial charge on any atom is -0.491 e. The highest BCUT2D eigenvalue weighted by Gasteiger charge is 2.15. The summed E-state index contributed by atoms with van der Waals surface area (Å²) in [5.41, 5.74) is 0.0176. The van der Waals surface area contributed by atoms with Gasteiger partial charge in [0.15, 0.2) is 0 Å². The summed E-state index contributed by atoms with van der Waals surface area (Å²) in [6, 6.07) is 4.75. The van der Waals surface area contributed by atoms with Crippen molar-refractivity contribution in [1.29, 1.82) is 0 Å². The molecule has 94 valence electrons. The van der Waals surface area contributed by atoms with Crippen molar-refractivity contribution >= 4 is 21.6 Å². The quantitative estimate of drug-likeness (QED) is 0.478. The number of ether oxygens (including phenoxy) is 1. The highest BCUT2D eigenvalue weighted by molar-refractivity contribution is 9.10. The van der Waals surface area contributed by atoms with Gasteiger partial charge in [-0.3, -0.25) is 10.1 Å². The number of nitro benzene ring substituents is 1. The normalized spacial score (nSPS) is 10.2. The Kier molecular flexibility index (Phi) is 5.93. The molecule has 6 heteroatoms. The Morgan fingerprint density at radius 2 is 2.24 bits per heavy atom. The molecule has 5 nitrogen and oxygen atoms in total. The number of nitro groups is 1. The standard InChI is InChI=1S/C11H15BrN2O3/c1-2-6-13-7-8-17-10-5-3-4-9(11(10)12)14(15)16/h3-5,13H,2,6-8H2,1H3. The number of nitrogens with one attached hydrogen (secondary N) is 1. The first-order valence-corrected chi connectivity index (χ1v) is 6.22. The van der Waals surface area contributed by atoms with E-state index in [-0.39, 0.29) is 5.69 Å². The van der Waals surface area contributed by atoms with Crippen LogP contribution >= 0.6 is 15.9 Å². The maximum atomic E-state index is 10.7. The highest BCUT2D eigenvalue weighted by Crippen LogP contribution is 2.33. The number of rotatable bonds is 7. The SMILES string of the molecule is CCCNCCOc1cccc([N+](=O)[O-])c1Br. The number of hydrogen-bond acceptors (Lipinski definition) is 4. The van der Waals surface area contributed by atoms with Crippen molar-refractivity contribution in [3.8, 4) is 5.75 Å². The Balaban J connectivity index is 2.54. The van der Waals surface area contributed by atoms with Crippen LogP contribution in [0.2, 0.25) is 0 Å². The maximum absolute atomic E-state index is 10.7. The molecule has 0 unspecified atom stereocenters. The summed E-state index contributed by atoms with van der Waals surface area (Å²) in [5, 5.41) is 13.9. The fourth-order valence-corrected chi connectivity index (χ4v) is 1.81. The van der Waals surface area contributed by atoms with Gasteiger partial charge in [-0.25, -0.2) is 0 Å². The summed E-state index contributed by atoms with van der Waals surface area (Å²) in [4.78, 5) is 10.3. The van der Waals surface area contributed by atoms with Crippen molar-refractivity contribution < 1.29 is 9.66 Å². The van der Waals surface area contributed by atoms with E-state index in [0.717, 1.165) is 19.5 Å². The van der Waals surface area contributed by atoms with E-state index >= 15 is 0 Å². The third kappa shape index (κ3) is 4.32. The van der Waals surface area contributed by atoms with Crippen molar-refractivity contribution in [2.24, 2.45) is 0 Å². The van der Waals surface area contributed by atoms with Gasteiger partial charge in [0.05, 0.1) is 4.92 Å². The molecular formula is C11H15BrN2O3. The first kappa shape index (κ1) is 13.9. The molecule has 1 rings (SSSR count). The van der Waals surface area contributed by atoms with Crippen LogP contribution in [-0.2, 0) is 0 Å². The Hall–Kier alpha value is -1.14. The molecule has 1 aromatic rings. The van der Waals surface area contributed by atoms with Crippen LogP contribution in [0.4, 0.5) is 5.69 Å². The molecule has 0 aliphatic heterocycles. The number of halogens is 1. The average Bonchev–Trinajstić information content (AvgIpc) is 2.30.